The number of rotatable bonds is 6. The summed E-state index contributed by atoms with van der Waals surface area (Å²) in [6.07, 6.45) is -6.38. The van der Waals surface area contributed by atoms with Crippen LogP contribution in [0.2, 0.25) is 10.0 Å². The number of benzene rings is 1. The molecule has 0 bridgehead atoms. The molecular weight excluding hydrogens is 601 g/mol. The number of carbonyl (C=O) groups is 1. The summed E-state index contributed by atoms with van der Waals surface area (Å²) in [6, 6.07) is 0.716. The molecule has 0 aliphatic heterocycles. The smallest absolute Gasteiger partial charge is 0.412 e. The molecule has 1 N–H and O–H groups in total. The molecule has 2 aromatic rings. The van der Waals surface area contributed by atoms with Gasteiger partial charge >= 0.3 is 22.5 Å². The van der Waals surface area contributed by atoms with Crippen LogP contribution in [-0.4, -0.2) is 50.4 Å². The molecule has 0 aliphatic rings. The lowest BCUT2D eigenvalue weighted by molar-refractivity contribution is -0.117. The summed E-state index contributed by atoms with van der Waals surface area (Å²) in [7, 11) is -14.4. The normalized spacial score (nSPS) is 14.4. The fraction of sp³-hybridized carbons (Fsp3) is 0.267. The molecule has 0 fully saturated rings. The fourth-order valence-electron chi connectivity index (χ4n) is 2.64. The van der Waals surface area contributed by atoms with Crippen LogP contribution >= 0.6 is 33.4 Å². The highest BCUT2D eigenvalue weighted by Crippen LogP contribution is 3.02. The van der Waals surface area contributed by atoms with Gasteiger partial charge in [0.15, 0.2) is 11.5 Å². The van der Waals surface area contributed by atoms with E-state index in [2.05, 4.69) is 9.84 Å². The average Bonchev–Trinajstić information content (AvgIpc) is 2.99. The Morgan fingerprint density at radius 3 is 2.08 bits per heavy atom. The summed E-state index contributed by atoms with van der Waals surface area (Å²) >= 11 is 11.4. The maximum Gasteiger partial charge on any atom is 0.412 e. The van der Waals surface area contributed by atoms with E-state index < -0.39 is 76.9 Å². The van der Waals surface area contributed by atoms with E-state index in [0.29, 0.717) is 6.26 Å². The number of anilines is 2. The zero-order valence-electron chi connectivity index (χ0n) is 17.4. The number of hydrogen-bond donors (Lipinski definition) is 1. The van der Waals surface area contributed by atoms with Crippen LogP contribution in [0.25, 0.3) is 5.69 Å². The molecule has 1 heterocycles. The van der Waals surface area contributed by atoms with Crippen LogP contribution in [0.15, 0.2) is 17.0 Å². The molecule has 1 aromatic heterocycles. The highest BCUT2D eigenvalue weighted by molar-refractivity contribution is 8.45. The van der Waals surface area contributed by atoms with Gasteiger partial charge in [-0.15, -0.1) is 0 Å². The van der Waals surface area contributed by atoms with E-state index in [9.17, 15) is 51.1 Å². The molecule has 21 heteroatoms. The van der Waals surface area contributed by atoms with Gasteiger partial charge in [0, 0.05) is 0 Å². The summed E-state index contributed by atoms with van der Waals surface area (Å²) in [5, 5.41) is 12.2. The van der Waals surface area contributed by atoms with E-state index in [1.54, 1.807) is 5.32 Å². The second-order valence-electron chi connectivity index (χ2n) is 6.78. The van der Waals surface area contributed by atoms with Crippen molar-refractivity contribution in [2.24, 2.45) is 0 Å². The Labute approximate surface area is 206 Å². The molecule has 0 radical (unpaired) electrons. The van der Waals surface area contributed by atoms with E-state index in [0.717, 1.165) is 7.11 Å². The molecule has 0 unspecified atom stereocenters. The van der Waals surface area contributed by atoms with Gasteiger partial charge in [-0.25, -0.2) is 17.9 Å². The van der Waals surface area contributed by atoms with Gasteiger partial charge in [-0.1, -0.05) is 42.6 Å². The van der Waals surface area contributed by atoms with Crippen LogP contribution in [-0.2, 0) is 14.8 Å². The van der Waals surface area contributed by atoms with Crippen LogP contribution < -0.4 is 9.62 Å². The minimum absolute atomic E-state index is 0.194. The summed E-state index contributed by atoms with van der Waals surface area (Å²) in [5.41, 5.74) is -3.25. The standard InChI is InChI=1S/C15H11Cl2F8N5O4S2/c1-34-14(31)27-13-12(29(35(2,32)33)6-15(18,19)20)10(5-26)28-30(13)11-8(16)3-7(4-9(11)17)36(21,22,23,24)25/h3-4H,6H2,1-2H3,(H,27,31). The summed E-state index contributed by atoms with van der Waals surface area (Å²) in [4.78, 5) is 9.31. The van der Waals surface area contributed by atoms with Crippen molar-refractivity contribution >= 4 is 61.0 Å². The second kappa shape index (κ2) is 8.43. The molecule has 0 aliphatic carbocycles. The van der Waals surface area contributed by atoms with Gasteiger partial charge < -0.3 is 4.74 Å². The first-order chi connectivity index (χ1) is 15.9. The number of alkyl halides is 3. The highest BCUT2D eigenvalue weighted by atomic mass is 35.5. The van der Waals surface area contributed by atoms with E-state index in [1.807, 2.05) is 0 Å². The number of methoxy groups -OCH3 is 1. The highest BCUT2D eigenvalue weighted by Gasteiger charge is 2.65. The quantitative estimate of drug-likeness (QED) is 0.388. The number of halogens is 10. The van der Waals surface area contributed by atoms with Crippen molar-refractivity contribution in [3.63, 3.8) is 0 Å². The van der Waals surface area contributed by atoms with Gasteiger partial charge in [0.05, 0.1) is 23.4 Å². The Balaban J connectivity index is 3.01. The predicted octanol–water partition coefficient (Wildman–Crippen LogP) is 6.21. The number of ether oxygens (including phenoxy) is 1. The first-order valence-corrected chi connectivity index (χ1v) is 13.1. The maximum atomic E-state index is 13.2. The van der Waals surface area contributed by atoms with Crippen LogP contribution in [0, 0.1) is 11.3 Å². The number of sulfonamides is 1. The SMILES string of the molecule is COC(=O)Nc1c(N(CC(F)(F)F)S(C)(=O)=O)c(C#N)nn1-c1c(Cl)cc(S(F)(F)(F)(F)F)cc1Cl. The minimum atomic E-state index is -10.3. The zero-order chi connectivity index (χ0) is 28.1. The molecule has 1 aromatic carbocycles. The van der Waals surface area contributed by atoms with E-state index in [1.165, 1.54) is 6.07 Å². The Morgan fingerprint density at radius 1 is 1.22 bits per heavy atom. The van der Waals surface area contributed by atoms with Crippen molar-refractivity contribution in [1.29, 1.82) is 5.26 Å². The van der Waals surface area contributed by atoms with Crippen LogP contribution in [0.1, 0.15) is 5.69 Å². The fourth-order valence-corrected chi connectivity index (χ4v) is 4.98. The lowest BCUT2D eigenvalue weighted by Gasteiger charge is -2.40. The third-order valence-electron chi connectivity index (χ3n) is 3.99. The predicted molar refractivity (Wildman–Crippen MR) is 114 cm³/mol. The first-order valence-electron chi connectivity index (χ1n) is 8.55. The third-order valence-corrected chi connectivity index (χ3v) is 6.81. The van der Waals surface area contributed by atoms with Crippen LogP contribution in [0.3, 0.4) is 0 Å². The van der Waals surface area contributed by atoms with Crippen LogP contribution in [0.4, 0.5) is 48.9 Å². The van der Waals surface area contributed by atoms with Gasteiger partial charge in [0.1, 0.15) is 28.9 Å². The molecule has 202 valence electrons. The van der Waals surface area contributed by atoms with E-state index >= 15 is 0 Å². The average molecular weight is 612 g/mol. The second-order valence-corrected chi connectivity index (χ2v) is 11.9. The van der Waals surface area contributed by atoms with E-state index in [-0.39, 0.29) is 21.1 Å². The van der Waals surface area contributed by atoms with Gasteiger partial charge in [-0.3, -0.25) is 9.62 Å². The lowest BCUT2D eigenvalue weighted by atomic mass is 10.3. The van der Waals surface area contributed by atoms with E-state index in [4.69, 9.17) is 23.2 Å². The molecule has 1 amide bonds. The Morgan fingerprint density at radius 2 is 1.72 bits per heavy atom. The maximum absolute atomic E-state index is 13.2. The van der Waals surface area contributed by atoms with Crippen LogP contribution in [0.5, 0.6) is 0 Å². The largest absolute Gasteiger partial charge is 0.453 e. The summed E-state index contributed by atoms with van der Waals surface area (Å²) in [5.74, 6) is -1.09. The molecule has 0 saturated heterocycles. The summed E-state index contributed by atoms with van der Waals surface area (Å²) in [6.45, 7) is -2.24. The molecular formula is C15H11Cl2F8N5O4S2. The Hall–Kier alpha value is -2.69. The zero-order valence-corrected chi connectivity index (χ0v) is 20.5. The van der Waals surface area contributed by atoms with Gasteiger partial charge in [-0.05, 0) is 12.1 Å². The van der Waals surface area contributed by atoms with Gasteiger partial charge in [0.25, 0.3) is 0 Å². The third kappa shape index (κ3) is 6.54. The Bertz CT molecular complexity index is 1370. The molecule has 9 nitrogen and oxygen atoms in total. The van der Waals surface area contributed by atoms with Gasteiger partial charge in [0.2, 0.25) is 10.0 Å². The van der Waals surface area contributed by atoms with Crippen molar-refractivity contribution in [2.45, 2.75) is 11.1 Å². The minimum Gasteiger partial charge on any atom is -0.453 e. The number of nitriles is 1. The number of amides is 1. The van der Waals surface area contributed by atoms with Crippen molar-refractivity contribution in [3.8, 4) is 11.8 Å². The topological polar surface area (TPSA) is 117 Å². The number of hydrogen-bond acceptors (Lipinski definition) is 6. The number of aromatic nitrogens is 2. The number of carbonyl (C=O) groups excluding carboxylic acids is 1. The Kier molecular flexibility index (Phi) is 6.91. The molecule has 2 rings (SSSR count). The van der Waals surface area contributed by atoms with Crippen molar-refractivity contribution in [2.75, 3.05) is 29.5 Å². The monoisotopic (exact) mass is 611 g/mol. The lowest BCUT2D eigenvalue weighted by Crippen LogP contribution is -2.39. The number of nitrogens with one attached hydrogen (secondary N) is 1. The first kappa shape index (κ1) is 29.5. The molecule has 0 saturated carbocycles. The van der Waals surface area contributed by atoms with Crippen molar-refractivity contribution in [1.82, 2.24) is 9.78 Å². The molecule has 36 heavy (non-hydrogen) atoms. The molecule has 0 atom stereocenters. The van der Waals surface area contributed by atoms with Gasteiger partial charge in [-0.2, -0.15) is 23.5 Å². The van der Waals surface area contributed by atoms with Crippen molar-refractivity contribution in [3.05, 3.63) is 27.9 Å². The summed E-state index contributed by atoms with van der Waals surface area (Å²) < 4.78 is 134. The van der Waals surface area contributed by atoms with Crippen molar-refractivity contribution < 1.29 is 50.5 Å². The molecule has 0 spiro atoms. The number of nitrogens with zero attached hydrogens (tertiary/aromatic N) is 4.